The zero-order valence-electron chi connectivity index (χ0n) is 19.0. The first kappa shape index (κ1) is 21.5. The lowest BCUT2D eigenvalue weighted by molar-refractivity contribution is -0.158. The first-order valence-corrected chi connectivity index (χ1v) is 11.9. The topological polar surface area (TPSA) is 60.4 Å². The van der Waals surface area contributed by atoms with Gasteiger partial charge in [0.15, 0.2) is 5.78 Å². The molecule has 0 heterocycles. The molecule has 3 fully saturated rings. The maximum Gasteiger partial charge on any atom is 0.306 e. The molecule has 0 bridgehead atoms. The Kier molecular flexibility index (Phi) is 5.57. The Bertz CT molecular complexity index is 821. The molecule has 4 rings (SSSR count). The fourth-order valence-corrected chi connectivity index (χ4v) is 7.46. The van der Waals surface area contributed by atoms with Crippen LogP contribution < -0.4 is 0 Å². The number of Topliss-reactive ketones (excluding diaryl/α,β-unsaturated/α-hetero) is 1. The Hall–Kier alpha value is -1.71. The molecule has 0 aromatic carbocycles. The molecule has 30 heavy (non-hydrogen) atoms. The molecule has 0 unspecified atom stereocenters. The number of allylic oxidation sites excluding steroid dienone is 4. The normalized spacial score (nSPS) is 40.1. The summed E-state index contributed by atoms with van der Waals surface area (Å²) in [6.07, 6.45) is 10.6. The third kappa shape index (κ3) is 3.05. The van der Waals surface area contributed by atoms with E-state index in [2.05, 4.69) is 27.7 Å². The Morgan fingerprint density at radius 3 is 2.67 bits per heavy atom. The van der Waals surface area contributed by atoms with Crippen LogP contribution >= 0.6 is 0 Å². The average molecular weight is 413 g/mol. The zero-order chi connectivity index (χ0) is 21.7. The highest BCUT2D eigenvalue weighted by Gasteiger charge is 2.64. The highest BCUT2D eigenvalue weighted by molar-refractivity contribution is 6.02. The van der Waals surface area contributed by atoms with Gasteiger partial charge in [-0.3, -0.25) is 14.4 Å². The van der Waals surface area contributed by atoms with Gasteiger partial charge >= 0.3 is 5.97 Å². The SMILES string of the molecule is CCCCC(=O)O[C@H]1CC(=O)[C@@]2(CC)CC[C@H]3[C@@H](CCC4=CC(=O)C=C(C)[C@@]43C)[C@H]12. The van der Waals surface area contributed by atoms with E-state index < -0.39 is 0 Å². The minimum Gasteiger partial charge on any atom is -0.462 e. The summed E-state index contributed by atoms with van der Waals surface area (Å²) < 4.78 is 6.00. The predicted octanol–water partition coefficient (Wildman–Crippen LogP) is 5.36. The third-order valence-corrected chi connectivity index (χ3v) is 9.16. The fourth-order valence-electron chi connectivity index (χ4n) is 7.46. The van der Waals surface area contributed by atoms with Crippen molar-refractivity contribution in [3.8, 4) is 0 Å². The first-order valence-electron chi connectivity index (χ1n) is 11.9. The largest absolute Gasteiger partial charge is 0.462 e. The van der Waals surface area contributed by atoms with Gasteiger partial charge in [0.2, 0.25) is 0 Å². The molecule has 4 aliphatic carbocycles. The Labute approximate surface area is 180 Å². The molecule has 0 saturated heterocycles. The van der Waals surface area contributed by atoms with Crippen molar-refractivity contribution in [2.75, 3.05) is 0 Å². The summed E-state index contributed by atoms with van der Waals surface area (Å²) in [5, 5.41) is 0. The number of esters is 1. The van der Waals surface area contributed by atoms with Crippen LogP contribution in [0.15, 0.2) is 23.3 Å². The van der Waals surface area contributed by atoms with E-state index in [1.807, 2.05) is 6.08 Å². The van der Waals surface area contributed by atoms with Gasteiger partial charge in [0.05, 0.1) is 0 Å². The predicted molar refractivity (Wildman–Crippen MR) is 116 cm³/mol. The molecule has 0 spiro atoms. The number of fused-ring (bicyclic) bond motifs is 5. The van der Waals surface area contributed by atoms with Gasteiger partial charge in [0, 0.05) is 29.6 Å². The Morgan fingerprint density at radius 2 is 1.97 bits per heavy atom. The highest BCUT2D eigenvalue weighted by atomic mass is 16.5. The fraction of sp³-hybridized carbons (Fsp3) is 0.731. The minimum atomic E-state index is -0.337. The summed E-state index contributed by atoms with van der Waals surface area (Å²) in [4.78, 5) is 37.9. The molecule has 0 N–H and O–H groups in total. The molecular formula is C26H36O4. The van der Waals surface area contributed by atoms with Crippen LogP contribution in [0.5, 0.6) is 0 Å². The van der Waals surface area contributed by atoms with Gasteiger partial charge in [-0.1, -0.05) is 38.3 Å². The molecule has 4 nitrogen and oxygen atoms in total. The molecule has 0 radical (unpaired) electrons. The van der Waals surface area contributed by atoms with Crippen LogP contribution in [0.2, 0.25) is 0 Å². The van der Waals surface area contributed by atoms with Crippen molar-refractivity contribution < 1.29 is 19.1 Å². The number of carbonyl (C=O) groups is 3. The van der Waals surface area contributed by atoms with Crippen molar-refractivity contribution in [2.24, 2.45) is 28.6 Å². The van der Waals surface area contributed by atoms with Crippen molar-refractivity contribution in [1.29, 1.82) is 0 Å². The molecule has 0 aliphatic heterocycles. The second-order valence-corrected chi connectivity index (χ2v) is 10.2. The number of hydrogen-bond donors (Lipinski definition) is 0. The van der Waals surface area contributed by atoms with E-state index in [4.69, 9.17) is 4.74 Å². The van der Waals surface area contributed by atoms with E-state index in [1.54, 1.807) is 6.08 Å². The van der Waals surface area contributed by atoms with Crippen molar-refractivity contribution >= 4 is 17.5 Å². The van der Waals surface area contributed by atoms with E-state index in [0.717, 1.165) is 50.5 Å². The quantitative estimate of drug-likeness (QED) is 0.571. The zero-order valence-corrected chi connectivity index (χ0v) is 19.0. The summed E-state index contributed by atoms with van der Waals surface area (Å²) >= 11 is 0. The van der Waals surface area contributed by atoms with Crippen molar-refractivity contribution in [2.45, 2.75) is 91.6 Å². The number of ether oxygens (including phenoxy) is 1. The van der Waals surface area contributed by atoms with Gasteiger partial charge in [0.1, 0.15) is 11.9 Å². The van der Waals surface area contributed by atoms with Gasteiger partial charge in [-0.15, -0.1) is 0 Å². The summed E-state index contributed by atoms with van der Waals surface area (Å²) in [6.45, 7) is 8.59. The van der Waals surface area contributed by atoms with Crippen LogP contribution in [-0.4, -0.2) is 23.6 Å². The summed E-state index contributed by atoms with van der Waals surface area (Å²) in [7, 11) is 0. The molecule has 4 aliphatic rings. The van der Waals surface area contributed by atoms with E-state index in [9.17, 15) is 14.4 Å². The number of carbonyl (C=O) groups excluding carboxylic acids is 3. The van der Waals surface area contributed by atoms with Crippen LogP contribution in [-0.2, 0) is 19.1 Å². The van der Waals surface area contributed by atoms with Gasteiger partial charge in [-0.25, -0.2) is 0 Å². The number of rotatable bonds is 5. The van der Waals surface area contributed by atoms with E-state index in [1.165, 1.54) is 5.57 Å². The molecule has 164 valence electrons. The van der Waals surface area contributed by atoms with Gasteiger partial charge in [-0.2, -0.15) is 0 Å². The standard InChI is InChI=1S/C26H36O4/c1-5-7-8-23(29)30-21-15-22(28)26(6-2)12-11-20-19(24(21)26)10-9-17-14-18(27)13-16(3)25(17,20)4/h13-14,19-21,24H,5-12,15H2,1-4H3/t19-,20+,21+,24-,25+,26-/m1/s1. The Balaban J connectivity index is 1.68. The van der Waals surface area contributed by atoms with Gasteiger partial charge in [0.25, 0.3) is 0 Å². The second-order valence-electron chi connectivity index (χ2n) is 10.2. The smallest absolute Gasteiger partial charge is 0.306 e. The third-order valence-electron chi connectivity index (χ3n) is 9.16. The molecule has 0 aromatic heterocycles. The average Bonchev–Trinajstić information content (AvgIpc) is 2.99. The molecule has 0 amide bonds. The second kappa shape index (κ2) is 7.76. The summed E-state index contributed by atoms with van der Waals surface area (Å²) in [5.41, 5.74) is 1.97. The lowest BCUT2D eigenvalue weighted by atomic mass is 9.46. The maximum absolute atomic E-state index is 13.3. The molecule has 4 heteroatoms. The summed E-state index contributed by atoms with van der Waals surface area (Å²) in [6, 6.07) is 0. The molecule has 0 aromatic rings. The van der Waals surface area contributed by atoms with Crippen LogP contribution in [0.25, 0.3) is 0 Å². The molecule has 3 saturated carbocycles. The van der Waals surface area contributed by atoms with Crippen LogP contribution in [0.4, 0.5) is 0 Å². The van der Waals surface area contributed by atoms with Gasteiger partial charge in [-0.05, 0) is 69.4 Å². The number of ketones is 2. The maximum atomic E-state index is 13.3. The summed E-state index contributed by atoms with van der Waals surface area (Å²) in [5.74, 6) is 1.13. The van der Waals surface area contributed by atoms with Crippen LogP contribution in [0.3, 0.4) is 0 Å². The lowest BCUT2D eigenvalue weighted by Crippen LogP contribution is -2.53. The number of hydrogen-bond acceptors (Lipinski definition) is 4. The Morgan fingerprint density at radius 1 is 1.20 bits per heavy atom. The monoisotopic (exact) mass is 412 g/mol. The lowest BCUT2D eigenvalue weighted by Gasteiger charge is -2.58. The van der Waals surface area contributed by atoms with Gasteiger partial charge < -0.3 is 4.74 Å². The van der Waals surface area contributed by atoms with E-state index >= 15 is 0 Å². The van der Waals surface area contributed by atoms with E-state index in [0.29, 0.717) is 30.5 Å². The van der Waals surface area contributed by atoms with Crippen molar-refractivity contribution in [3.05, 3.63) is 23.3 Å². The molecular weight excluding hydrogens is 376 g/mol. The van der Waals surface area contributed by atoms with Crippen molar-refractivity contribution in [3.63, 3.8) is 0 Å². The first-order chi connectivity index (χ1) is 14.3. The number of unbranched alkanes of at least 4 members (excludes halogenated alkanes) is 1. The highest BCUT2D eigenvalue weighted by Crippen LogP contribution is 2.66. The van der Waals surface area contributed by atoms with Crippen LogP contribution in [0.1, 0.15) is 85.5 Å². The van der Waals surface area contributed by atoms with E-state index in [-0.39, 0.29) is 34.6 Å². The van der Waals surface area contributed by atoms with Crippen molar-refractivity contribution in [1.82, 2.24) is 0 Å². The minimum absolute atomic E-state index is 0.107. The van der Waals surface area contributed by atoms with Crippen LogP contribution in [0, 0.1) is 28.6 Å². The molecule has 6 atom stereocenters.